The van der Waals surface area contributed by atoms with Crippen molar-refractivity contribution in [1.29, 1.82) is 0 Å². The van der Waals surface area contributed by atoms with Gasteiger partial charge >= 0.3 is 6.18 Å². The first-order valence-electron chi connectivity index (χ1n) is 6.24. The Kier molecular flexibility index (Phi) is 4.72. The third kappa shape index (κ3) is 4.10. The minimum atomic E-state index is -4.37. The summed E-state index contributed by atoms with van der Waals surface area (Å²) in [6.07, 6.45) is -2.79. The Morgan fingerprint density at radius 3 is 2.62 bits per heavy atom. The van der Waals surface area contributed by atoms with Crippen molar-refractivity contribution in [2.24, 2.45) is 0 Å². The highest BCUT2D eigenvalue weighted by atomic mass is 79.9. The van der Waals surface area contributed by atoms with E-state index in [1.807, 2.05) is 6.92 Å². The predicted molar refractivity (Wildman–Crippen MR) is 80.8 cm³/mol. The lowest BCUT2D eigenvalue weighted by Crippen LogP contribution is -2.06. The van der Waals surface area contributed by atoms with Crippen LogP contribution in [0.1, 0.15) is 12.5 Å². The van der Waals surface area contributed by atoms with E-state index in [0.29, 0.717) is 28.2 Å². The number of nitrogens with one attached hydrogen (secondary N) is 2. The van der Waals surface area contributed by atoms with Crippen LogP contribution in [0.4, 0.5) is 30.4 Å². The van der Waals surface area contributed by atoms with Crippen LogP contribution in [0.25, 0.3) is 0 Å². The van der Waals surface area contributed by atoms with Gasteiger partial charge in [0.05, 0.1) is 11.3 Å². The van der Waals surface area contributed by atoms with Gasteiger partial charge in [0.1, 0.15) is 5.82 Å². The van der Waals surface area contributed by atoms with Crippen LogP contribution in [0.3, 0.4) is 0 Å². The van der Waals surface area contributed by atoms with Gasteiger partial charge in [0, 0.05) is 29.0 Å². The van der Waals surface area contributed by atoms with E-state index in [4.69, 9.17) is 0 Å². The maximum absolute atomic E-state index is 12.7. The molecule has 0 fully saturated rings. The van der Waals surface area contributed by atoms with Crippen molar-refractivity contribution in [3.05, 3.63) is 46.6 Å². The zero-order chi connectivity index (χ0) is 15.5. The summed E-state index contributed by atoms with van der Waals surface area (Å²) in [6, 6.07) is 6.89. The molecule has 0 unspecified atom stereocenters. The van der Waals surface area contributed by atoms with Crippen molar-refractivity contribution in [2.45, 2.75) is 13.1 Å². The van der Waals surface area contributed by atoms with Crippen LogP contribution in [0.5, 0.6) is 0 Å². The molecule has 0 aliphatic heterocycles. The molecule has 1 aromatic heterocycles. The smallest absolute Gasteiger partial charge is 0.370 e. The minimum absolute atomic E-state index is 0.346. The quantitative estimate of drug-likeness (QED) is 0.802. The van der Waals surface area contributed by atoms with Gasteiger partial charge in [-0.05, 0) is 47.1 Å². The maximum Gasteiger partial charge on any atom is 0.416 e. The summed E-state index contributed by atoms with van der Waals surface area (Å²) in [6.45, 7) is 2.65. The van der Waals surface area contributed by atoms with Crippen molar-refractivity contribution in [1.82, 2.24) is 4.98 Å². The lowest BCUT2D eigenvalue weighted by molar-refractivity contribution is -0.137. The molecule has 0 saturated carbocycles. The van der Waals surface area contributed by atoms with Gasteiger partial charge in [0.15, 0.2) is 0 Å². The molecule has 7 heteroatoms. The molecule has 1 heterocycles. The number of benzene rings is 1. The number of hydrogen-bond acceptors (Lipinski definition) is 3. The highest BCUT2D eigenvalue weighted by Crippen LogP contribution is 2.35. The van der Waals surface area contributed by atoms with Crippen LogP contribution < -0.4 is 10.6 Å². The second-order valence-corrected chi connectivity index (χ2v) is 5.13. The number of aromatic nitrogens is 1. The summed E-state index contributed by atoms with van der Waals surface area (Å²) < 4.78 is 38.8. The summed E-state index contributed by atoms with van der Waals surface area (Å²) in [4.78, 5) is 4.11. The average molecular weight is 360 g/mol. The van der Waals surface area contributed by atoms with Crippen LogP contribution in [-0.4, -0.2) is 11.5 Å². The summed E-state index contributed by atoms with van der Waals surface area (Å²) >= 11 is 3.24. The number of rotatable bonds is 4. The highest BCUT2D eigenvalue weighted by molar-refractivity contribution is 9.10. The SMILES string of the molecule is CCNc1cc(Nc2cc(C(F)(F)F)ccc2Br)ccn1. The molecule has 0 spiro atoms. The molecule has 112 valence electrons. The first-order chi connectivity index (χ1) is 9.90. The van der Waals surface area contributed by atoms with E-state index in [-0.39, 0.29) is 0 Å². The molecule has 0 amide bonds. The van der Waals surface area contributed by atoms with Gasteiger partial charge in [0.25, 0.3) is 0 Å². The van der Waals surface area contributed by atoms with E-state index >= 15 is 0 Å². The van der Waals surface area contributed by atoms with E-state index < -0.39 is 11.7 Å². The fourth-order valence-electron chi connectivity index (χ4n) is 1.74. The number of nitrogens with zero attached hydrogens (tertiary/aromatic N) is 1. The Bertz CT molecular complexity index is 629. The topological polar surface area (TPSA) is 37.0 Å². The summed E-state index contributed by atoms with van der Waals surface area (Å²) in [5.74, 6) is 0.658. The molecule has 0 aliphatic rings. The van der Waals surface area contributed by atoms with E-state index in [1.54, 1.807) is 18.3 Å². The largest absolute Gasteiger partial charge is 0.416 e. The van der Waals surface area contributed by atoms with Gasteiger partial charge in [-0.3, -0.25) is 0 Å². The van der Waals surface area contributed by atoms with E-state index in [9.17, 15) is 13.2 Å². The Balaban J connectivity index is 2.28. The molecule has 2 N–H and O–H groups in total. The first kappa shape index (κ1) is 15.6. The van der Waals surface area contributed by atoms with Crippen molar-refractivity contribution < 1.29 is 13.2 Å². The molecular formula is C14H13BrF3N3. The molecule has 0 radical (unpaired) electrons. The third-order valence-electron chi connectivity index (χ3n) is 2.69. The van der Waals surface area contributed by atoms with Gasteiger partial charge in [0.2, 0.25) is 0 Å². The molecule has 3 nitrogen and oxygen atoms in total. The Morgan fingerprint density at radius 1 is 1.19 bits per heavy atom. The van der Waals surface area contributed by atoms with Crippen LogP contribution in [0.2, 0.25) is 0 Å². The highest BCUT2D eigenvalue weighted by Gasteiger charge is 2.30. The van der Waals surface area contributed by atoms with Crippen LogP contribution in [-0.2, 0) is 6.18 Å². The fraction of sp³-hybridized carbons (Fsp3) is 0.214. The van der Waals surface area contributed by atoms with Crippen LogP contribution in [0.15, 0.2) is 41.0 Å². The van der Waals surface area contributed by atoms with Crippen molar-refractivity contribution in [3.8, 4) is 0 Å². The molecule has 0 saturated heterocycles. The summed E-state index contributed by atoms with van der Waals surface area (Å²) in [5.41, 5.74) is 0.300. The second kappa shape index (κ2) is 6.34. The van der Waals surface area contributed by atoms with Crippen molar-refractivity contribution in [2.75, 3.05) is 17.2 Å². The second-order valence-electron chi connectivity index (χ2n) is 4.28. The Labute approximate surface area is 128 Å². The normalized spacial score (nSPS) is 11.3. The minimum Gasteiger partial charge on any atom is -0.370 e. The Hall–Kier alpha value is -1.76. The van der Waals surface area contributed by atoms with Gasteiger partial charge in [-0.15, -0.1) is 0 Å². The number of anilines is 3. The average Bonchev–Trinajstić information content (AvgIpc) is 2.41. The maximum atomic E-state index is 12.7. The monoisotopic (exact) mass is 359 g/mol. The lowest BCUT2D eigenvalue weighted by Gasteiger charge is -2.13. The van der Waals surface area contributed by atoms with Crippen LogP contribution >= 0.6 is 15.9 Å². The zero-order valence-electron chi connectivity index (χ0n) is 11.1. The Morgan fingerprint density at radius 2 is 1.95 bits per heavy atom. The fourth-order valence-corrected chi connectivity index (χ4v) is 2.08. The van der Waals surface area contributed by atoms with Crippen molar-refractivity contribution in [3.63, 3.8) is 0 Å². The molecule has 21 heavy (non-hydrogen) atoms. The number of alkyl halides is 3. The standard InChI is InChI=1S/C14H13BrF3N3/c1-2-19-13-8-10(5-6-20-13)21-12-7-9(14(16,17)18)3-4-11(12)15/h3-8H,2H2,1H3,(H2,19,20,21). The molecule has 0 aliphatic carbocycles. The van der Waals surface area contributed by atoms with E-state index in [0.717, 1.165) is 12.1 Å². The van der Waals surface area contributed by atoms with E-state index in [2.05, 4.69) is 31.5 Å². The predicted octanol–water partition coefficient (Wildman–Crippen LogP) is 5.04. The summed E-state index contributed by atoms with van der Waals surface area (Å²) in [7, 11) is 0. The number of pyridine rings is 1. The number of hydrogen-bond donors (Lipinski definition) is 2. The third-order valence-corrected chi connectivity index (χ3v) is 3.38. The lowest BCUT2D eigenvalue weighted by atomic mass is 10.2. The molecule has 1 aromatic carbocycles. The van der Waals surface area contributed by atoms with Gasteiger partial charge < -0.3 is 10.6 Å². The van der Waals surface area contributed by atoms with Crippen LogP contribution in [0, 0.1) is 0 Å². The molecule has 0 atom stereocenters. The van der Waals surface area contributed by atoms with Gasteiger partial charge in [-0.1, -0.05) is 0 Å². The summed E-state index contributed by atoms with van der Waals surface area (Å²) in [5, 5.41) is 6.00. The molecule has 2 aromatic rings. The van der Waals surface area contributed by atoms with E-state index in [1.165, 1.54) is 6.07 Å². The zero-order valence-corrected chi connectivity index (χ0v) is 12.7. The first-order valence-corrected chi connectivity index (χ1v) is 7.03. The molecule has 0 bridgehead atoms. The van der Waals surface area contributed by atoms with Gasteiger partial charge in [-0.25, -0.2) is 4.98 Å². The number of halogens is 4. The molecular weight excluding hydrogens is 347 g/mol. The molecule has 2 rings (SSSR count). The van der Waals surface area contributed by atoms with Crippen molar-refractivity contribution >= 4 is 33.1 Å². The van der Waals surface area contributed by atoms with Gasteiger partial charge in [-0.2, -0.15) is 13.2 Å².